The molecule has 0 aromatic heterocycles. The van der Waals surface area contributed by atoms with Crippen LogP contribution in [0.15, 0.2) is 22.7 Å². The average Bonchev–Trinajstić information content (AvgIpc) is 2.43. The molecule has 19 heavy (non-hydrogen) atoms. The Bertz CT molecular complexity index is 467. The maximum absolute atomic E-state index is 11.8. The molecular formula is C13H18BrN3O2. The molecule has 1 atom stereocenters. The summed E-state index contributed by atoms with van der Waals surface area (Å²) >= 11 is 3.38. The first-order valence-corrected chi connectivity index (χ1v) is 6.98. The first-order chi connectivity index (χ1) is 9.11. The lowest BCUT2D eigenvalue weighted by Gasteiger charge is -2.34. The SMILES string of the molecule is CNC(=O)C1COCCN1Cc1ccc(Br)c(N)c1. The van der Waals surface area contributed by atoms with Crippen molar-refractivity contribution in [3.63, 3.8) is 0 Å². The van der Waals surface area contributed by atoms with Crippen molar-refractivity contribution in [2.24, 2.45) is 0 Å². The largest absolute Gasteiger partial charge is 0.398 e. The Labute approximate surface area is 121 Å². The molecule has 3 N–H and O–H groups in total. The van der Waals surface area contributed by atoms with Crippen LogP contribution < -0.4 is 11.1 Å². The minimum absolute atomic E-state index is 0.00946. The number of hydrogen-bond donors (Lipinski definition) is 2. The fraction of sp³-hybridized carbons (Fsp3) is 0.462. The zero-order valence-corrected chi connectivity index (χ0v) is 12.4. The van der Waals surface area contributed by atoms with Crippen LogP contribution in [-0.2, 0) is 16.1 Å². The molecular weight excluding hydrogens is 310 g/mol. The number of hydrogen-bond acceptors (Lipinski definition) is 4. The monoisotopic (exact) mass is 327 g/mol. The van der Waals surface area contributed by atoms with Gasteiger partial charge in [0.1, 0.15) is 6.04 Å². The van der Waals surface area contributed by atoms with Gasteiger partial charge in [-0.15, -0.1) is 0 Å². The molecule has 0 saturated carbocycles. The van der Waals surface area contributed by atoms with Crippen molar-refractivity contribution in [1.29, 1.82) is 0 Å². The van der Waals surface area contributed by atoms with Gasteiger partial charge in [0, 0.05) is 30.3 Å². The highest BCUT2D eigenvalue weighted by Crippen LogP contribution is 2.22. The lowest BCUT2D eigenvalue weighted by molar-refractivity contribution is -0.132. The predicted molar refractivity (Wildman–Crippen MR) is 77.6 cm³/mol. The number of amides is 1. The van der Waals surface area contributed by atoms with E-state index in [2.05, 4.69) is 26.1 Å². The highest BCUT2D eigenvalue weighted by Gasteiger charge is 2.28. The summed E-state index contributed by atoms with van der Waals surface area (Å²) in [6.45, 7) is 2.53. The number of nitrogen functional groups attached to an aromatic ring is 1. The summed E-state index contributed by atoms with van der Waals surface area (Å²) in [5, 5.41) is 2.68. The number of halogens is 1. The van der Waals surface area contributed by atoms with Gasteiger partial charge in [0.05, 0.1) is 13.2 Å². The van der Waals surface area contributed by atoms with E-state index in [0.29, 0.717) is 25.4 Å². The van der Waals surface area contributed by atoms with Crippen LogP contribution in [0.25, 0.3) is 0 Å². The molecule has 1 amide bonds. The van der Waals surface area contributed by atoms with E-state index in [1.165, 1.54) is 0 Å². The first kappa shape index (κ1) is 14.3. The van der Waals surface area contributed by atoms with Crippen molar-refractivity contribution in [3.05, 3.63) is 28.2 Å². The maximum atomic E-state index is 11.8. The van der Waals surface area contributed by atoms with Crippen molar-refractivity contribution >= 4 is 27.5 Å². The number of anilines is 1. The fourth-order valence-electron chi connectivity index (χ4n) is 2.16. The molecule has 1 fully saturated rings. The molecule has 2 rings (SSSR count). The third-order valence-electron chi connectivity index (χ3n) is 3.23. The second kappa shape index (κ2) is 6.36. The number of nitrogens with two attached hydrogens (primary N) is 1. The summed E-state index contributed by atoms with van der Waals surface area (Å²) < 4.78 is 6.27. The number of carbonyl (C=O) groups excluding carboxylic acids is 1. The number of carbonyl (C=O) groups is 1. The lowest BCUT2D eigenvalue weighted by atomic mass is 10.1. The molecule has 1 aliphatic rings. The molecule has 0 aliphatic carbocycles. The van der Waals surface area contributed by atoms with Gasteiger partial charge < -0.3 is 15.8 Å². The van der Waals surface area contributed by atoms with Crippen LogP contribution in [0.2, 0.25) is 0 Å². The fourth-order valence-corrected chi connectivity index (χ4v) is 2.41. The Kier molecular flexibility index (Phi) is 4.79. The van der Waals surface area contributed by atoms with Crippen LogP contribution in [0.1, 0.15) is 5.56 Å². The van der Waals surface area contributed by atoms with Gasteiger partial charge in [-0.25, -0.2) is 0 Å². The number of rotatable bonds is 3. The summed E-state index contributed by atoms with van der Waals surface area (Å²) in [6, 6.07) is 5.64. The molecule has 1 unspecified atom stereocenters. The summed E-state index contributed by atoms with van der Waals surface area (Å²) in [6.07, 6.45) is 0. The first-order valence-electron chi connectivity index (χ1n) is 6.19. The van der Waals surface area contributed by atoms with Crippen LogP contribution in [0.5, 0.6) is 0 Å². The van der Waals surface area contributed by atoms with E-state index in [0.717, 1.165) is 16.6 Å². The van der Waals surface area contributed by atoms with E-state index in [1.807, 2.05) is 18.2 Å². The molecule has 1 saturated heterocycles. The van der Waals surface area contributed by atoms with E-state index >= 15 is 0 Å². The van der Waals surface area contributed by atoms with Gasteiger partial charge in [-0.05, 0) is 33.6 Å². The minimum Gasteiger partial charge on any atom is -0.398 e. The third-order valence-corrected chi connectivity index (χ3v) is 3.96. The molecule has 0 spiro atoms. The Morgan fingerprint density at radius 1 is 1.63 bits per heavy atom. The average molecular weight is 328 g/mol. The smallest absolute Gasteiger partial charge is 0.239 e. The van der Waals surface area contributed by atoms with Crippen LogP contribution in [0, 0.1) is 0 Å². The van der Waals surface area contributed by atoms with Gasteiger partial charge in [0.15, 0.2) is 0 Å². The number of ether oxygens (including phenoxy) is 1. The van der Waals surface area contributed by atoms with Crippen molar-refractivity contribution in [2.75, 3.05) is 32.5 Å². The molecule has 1 aromatic carbocycles. The molecule has 1 aliphatic heterocycles. The summed E-state index contributed by atoms with van der Waals surface area (Å²) in [7, 11) is 1.65. The molecule has 6 heteroatoms. The second-order valence-corrected chi connectivity index (χ2v) is 5.39. The third kappa shape index (κ3) is 3.46. The van der Waals surface area contributed by atoms with Crippen LogP contribution in [0.4, 0.5) is 5.69 Å². The second-order valence-electron chi connectivity index (χ2n) is 4.53. The van der Waals surface area contributed by atoms with Gasteiger partial charge in [-0.1, -0.05) is 6.07 Å². The molecule has 0 radical (unpaired) electrons. The normalized spacial score (nSPS) is 20.2. The van der Waals surface area contributed by atoms with Gasteiger partial charge in [0.2, 0.25) is 5.91 Å². The lowest BCUT2D eigenvalue weighted by Crippen LogP contribution is -2.52. The van der Waals surface area contributed by atoms with Crippen molar-refractivity contribution in [2.45, 2.75) is 12.6 Å². The van der Waals surface area contributed by atoms with Gasteiger partial charge in [0.25, 0.3) is 0 Å². The molecule has 104 valence electrons. The van der Waals surface area contributed by atoms with Crippen LogP contribution in [-0.4, -0.2) is 43.7 Å². The van der Waals surface area contributed by atoms with Crippen molar-refractivity contribution in [3.8, 4) is 0 Å². The summed E-state index contributed by atoms with van der Waals surface area (Å²) in [5.41, 5.74) is 7.68. The van der Waals surface area contributed by atoms with Crippen molar-refractivity contribution < 1.29 is 9.53 Å². The zero-order chi connectivity index (χ0) is 13.8. The molecule has 1 heterocycles. The summed E-state index contributed by atoms with van der Waals surface area (Å²) in [4.78, 5) is 13.9. The standard InChI is InChI=1S/C13H18BrN3O2/c1-16-13(18)12-8-19-5-4-17(12)7-9-2-3-10(14)11(15)6-9/h2-3,6,12H,4-5,7-8,15H2,1H3,(H,16,18). The number of morpholine rings is 1. The quantitative estimate of drug-likeness (QED) is 0.812. The predicted octanol–water partition coefficient (Wildman–Crippen LogP) is 0.978. The summed E-state index contributed by atoms with van der Waals surface area (Å²) in [5.74, 6) is -0.00946. The number of nitrogens with zero attached hydrogens (tertiary/aromatic N) is 1. The number of benzene rings is 1. The highest BCUT2D eigenvalue weighted by atomic mass is 79.9. The van der Waals surface area contributed by atoms with Crippen LogP contribution >= 0.6 is 15.9 Å². The Morgan fingerprint density at radius 3 is 3.11 bits per heavy atom. The van der Waals surface area contributed by atoms with E-state index in [-0.39, 0.29) is 11.9 Å². The van der Waals surface area contributed by atoms with E-state index < -0.39 is 0 Å². The van der Waals surface area contributed by atoms with Gasteiger partial charge >= 0.3 is 0 Å². The Hall–Kier alpha value is -1.11. The Morgan fingerprint density at radius 2 is 2.42 bits per heavy atom. The van der Waals surface area contributed by atoms with Gasteiger partial charge in [-0.3, -0.25) is 9.69 Å². The maximum Gasteiger partial charge on any atom is 0.239 e. The Balaban J connectivity index is 2.10. The zero-order valence-electron chi connectivity index (χ0n) is 10.9. The van der Waals surface area contributed by atoms with Crippen LogP contribution in [0.3, 0.4) is 0 Å². The molecule has 0 bridgehead atoms. The van der Waals surface area contributed by atoms with E-state index in [9.17, 15) is 4.79 Å². The molecule has 1 aromatic rings. The molecule has 5 nitrogen and oxygen atoms in total. The van der Waals surface area contributed by atoms with Crippen molar-refractivity contribution in [1.82, 2.24) is 10.2 Å². The minimum atomic E-state index is -0.233. The van der Waals surface area contributed by atoms with Gasteiger partial charge in [-0.2, -0.15) is 0 Å². The topological polar surface area (TPSA) is 67.6 Å². The van der Waals surface area contributed by atoms with E-state index in [4.69, 9.17) is 10.5 Å². The number of likely N-dealkylation sites (N-methyl/N-ethyl adjacent to an activating group) is 1. The van der Waals surface area contributed by atoms with E-state index in [1.54, 1.807) is 7.05 Å². The highest BCUT2D eigenvalue weighted by molar-refractivity contribution is 9.10. The number of nitrogens with one attached hydrogen (secondary N) is 1.